The molecule has 0 atom stereocenters. The number of aryl methyl sites for hydroxylation is 1. The molecular weight excluding hydrogens is 454 g/mol. The molecule has 5 aromatic rings. The molecule has 1 amide bonds. The zero-order valence-corrected chi connectivity index (χ0v) is 20.4. The molecule has 0 saturated heterocycles. The fourth-order valence-corrected chi connectivity index (χ4v) is 4.30. The van der Waals surface area contributed by atoms with Crippen molar-refractivity contribution in [3.63, 3.8) is 0 Å². The van der Waals surface area contributed by atoms with Crippen LogP contribution < -0.4 is 14.8 Å². The number of fused-ring (bicyclic) bond motifs is 1. The van der Waals surface area contributed by atoms with Gasteiger partial charge in [-0.25, -0.2) is 9.67 Å². The monoisotopic (exact) mass is 481 g/mol. The molecule has 0 spiro atoms. The minimum atomic E-state index is -0.205. The quantitative estimate of drug-likeness (QED) is 0.349. The molecule has 8 heteroatoms. The van der Waals surface area contributed by atoms with Crippen LogP contribution in [0.15, 0.2) is 79.0 Å². The van der Waals surface area contributed by atoms with E-state index in [4.69, 9.17) is 14.6 Å². The van der Waals surface area contributed by atoms with Crippen molar-refractivity contribution in [2.24, 2.45) is 0 Å². The van der Waals surface area contributed by atoms with E-state index in [0.717, 1.165) is 28.1 Å². The van der Waals surface area contributed by atoms with Crippen LogP contribution in [0.2, 0.25) is 0 Å². The van der Waals surface area contributed by atoms with Crippen LogP contribution in [0.3, 0.4) is 0 Å². The van der Waals surface area contributed by atoms with Gasteiger partial charge in [0.2, 0.25) is 0 Å². The number of carbonyl (C=O) groups excluding carboxylic acids is 1. The van der Waals surface area contributed by atoms with Crippen molar-refractivity contribution in [3.8, 4) is 28.4 Å². The Morgan fingerprint density at radius 1 is 0.944 bits per heavy atom. The molecule has 2 heterocycles. The van der Waals surface area contributed by atoms with Crippen LogP contribution in [0, 0.1) is 6.92 Å². The number of benzene rings is 3. The molecule has 2 aromatic heterocycles. The summed E-state index contributed by atoms with van der Waals surface area (Å²) in [7, 11) is 3.17. The topological polar surface area (TPSA) is 83.2 Å². The molecule has 5 rings (SSSR count). The maximum absolute atomic E-state index is 13.4. The van der Waals surface area contributed by atoms with Crippen molar-refractivity contribution in [2.45, 2.75) is 13.5 Å². The fourth-order valence-electron chi connectivity index (χ4n) is 4.30. The highest BCUT2D eigenvalue weighted by Crippen LogP contribution is 2.33. The lowest BCUT2D eigenvalue weighted by Crippen LogP contribution is -2.27. The Hall–Kier alpha value is -4.59. The number of para-hydroxylation sites is 3. The SMILES string of the molecule is COc1ccc(-c2nn(-c3ccccc3)cc2C(=O)NCCn2c(C)nc3ccccc32)cc1OC. The third kappa shape index (κ3) is 4.40. The third-order valence-electron chi connectivity index (χ3n) is 6.10. The van der Waals surface area contributed by atoms with E-state index in [1.807, 2.05) is 79.7 Å². The number of aromatic nitrogens is 4. The van der Waals surface area contributed by atoms with Crippen molar-refractivity contribution in [3.05, 3.63) is 90.4 Å². The first-order valence-corrected chi connectivity index (χ1v) is 11.7. The van der Waals surface area contributed by atoms with Gasteiger partial charge < -0.3 is 19.4 Å². The summed E-state index contributed by atoms with van der Waals surface area (Å²) in [4.78, 5) is 18.0. The minimum absolute atomic E-state index is 0.205. The molecule has 0 bridgehead atoms. The number of amides is 1. The highest BCUT2D eigenvalue weighted by Gasteiger charge is 2.20. The van der Waals surface area contributed by atoms with Gasteiger partial charge in [0, 0.05) is 24.8 Å². The standard InChI is InChI=1S/C28H27N5O3/c1-19-30-23-11-7-8-12-24(23)32(19)16-15-29-28(34)22-18-33(21-9-5-4-6-10-21)31-27(22)20-13-14-25(35-2)26(17-20)36-3/h4-14,17-18H,15-16H2,1-3H3,(H,29,34). The normalized spacial score (nSPS) is 11.0. The number of nitrogens with zero attached hydrogens (tertiary/aromatic N) is 4. The summed E-state index contributed by atoms with van der Waals surface area (Å²) in [6.07, 6.45) is 1.76. The largest absolute Gasteiger partial charge is 0.493 e. The molecule has 3 aromatic carbocycles. The number of hydrogen-bond donors (Lipinski definition) is 1. The van der Waals surface area contributed by atoms with E-state index >= 15 is 0 Å². The van der Waals surface area contributed by atoms with E-state index in [1.54, 1.807) is 25.1 Å². The van der Waals surface area contributed by atoms with Crippen LogP contribution in [0.1, 0.15) is 16.2 Å². The lowest BCUT2D eigenvalue weighted by molar-refractivity contribution is 0.0953. The highest BCUT2D eigenvalue weighted by atomic mass is 16.5. The molecule has 0 aliphatic rings. The first-order chi connectivity index (χ1) is 17.6. The molecule has 0 unspecified atom stereocenters. The van der Waals surface area contributed by atoms with Gasteiger partial charge in [-0.2, -0.15) is 5.10 Å². The first-order valence-electron chi connectivity index (χ1n) is 11.7. The predicted octanol–water partition coefficient (Wildman–Crippen LogP) is 4.64. The Morgan fingerprint density at radius 3 is 2.47 bits per heavy atom. The maximum Gasteiger partial charge on any atom is 0.255 e. The number of carbonyl (C=O) groups is 1. The average molecular weight is 482 g/mol. The van der Waals surface area contributed by atoms with E-state index in [1.165, 1.54) is 0 Å². The number of imidazole rings is 1. The van der Waals surface area contributed by atoms with Crippen LogP contribution >= 0.6 is 0 Å². The van der Waals surface area contributed by atoms with Crippen LogP contribution in [0.4, 0.5) is 0 Å². The van der Waals surface area contributed by atoms with Gasteiger partial charge in [0.1, 0.15) is 11.5 Å². The Morgan fingerprint density at radius 2 is 1.69 bits per heavy atom. The van der Waals surface area contributed by atoms with Gasteiger partial charge in [0.05, 0.1) is 36.5 Å². The highest BCUT2D eigenvalue weighted by molar-refractivity contribution is 6.00. The third-order valence-corrected chi connectivity index (χ3v) is 6.10. The lowest BCUT2D eigenvalue weighted by Gasteiger charge is -2.10. The molecular formula is C28H27N5O3. The van der Waals surface area contributed by atoms with Gasteiger partial charge in [-0.1, -0.05) is 30.3 Å². The number of rotatable bonds is 8. The summed E-state index contributed by atoms with van der Waals surface area (Å²) in [6, 6.07) is 23.2. The second-order valence-corrected chi connectivity index (χ2v) is 8.30. The second-order valence-electron chi connectivity index (χ2n) is 8.30. The Balaban J connectivity index is 1.44. The van der Waals surface area contributed by atoms with Gasteiger partial charge in [-0.3, -0.25) is 4.79 Å². The summed E-state index contributed by atoms with van der Waals surface area (Å²) in [5, 5.41) is 7.82. The maximum atomic E-state index is 13.4. The van der Waals surface area contributed by atoms with E-state index in [-0.39, 0.29) is 5.91 Å². The molecule has 8 nitrogen and oxygen atoms in total. The van der Waals surface area contributed by atoms with Gasteiger partial charge in [-0.15, -0.1) is 0 Å². The second kappa shape index (κ2) is 9.95. The van der Waals surface area contributed by atoms with Crippen molar-refractivity contribution in [2.75, 3.05) is 20.8 Å². The summed E-state index contributed by atoms with van der Waals surface area (Å²) < 4.78 is 14.7. The van der Waals surface area contributed by atoms with Gasteiger partial charge >= 0.3 is 0 Å². The van der Waals surface area contributed by atoms with E-state index in [9.17, 15) is 4.79 Å². The molecule has 0 saturated carbocycles. The molecule has 182 valence electrons. The number of nitrogens with one attached hydrogen (secondary N) is 1. The average Bonchev–Trinajstić information content (AvgIpc) is 3.50. The molecule has 1 N–H and O–H groups in total. The smallest absolute Gasteiger partial charge is 0.255 e. The minimum Gasteiger partial charge on any atom is -0.493 e. The summed E-state index contributed by atoms with van der Waals surface area (Å²) in [5.41, 5.74) is 4.64. The Bertz CT molecular complexity index is 1520. The van der Waals surface area contributed by atoms with Gasteiger partial charge in [0.25, 0.3) is 5.91 Å². The number of hydrogen-bond acceptors (Lipinski definition) is 5. The summed E-state index contributed by atoms with van der Waals surface area (Å²) >= 11 is 0. The van der Waals surface area contributed by atoms with E-state index < -0.39 is 0 Å². The van der Waals surface area contributed by atoms with E-state index in [0.29, 0.717) is 35.8 Å². The van der Waals surface area contributed by atoms with Crippen molar-refractivity contribution in [1.82, 2.24) is 24.6 Å². The lowest BCUT2D eigenvalue weighted by atomic mass is 10.1. The van der Waals surface area contributed by atoms with Gasteiger partial charge in [0.15, 0.2) is 11.5 Å². The van der Waals surface area contributed by atoms with E-state index in [2.05, 4.69) is 14.9 Å². The molecule has 0 radical (unpaired) electrons. The molecule has 36 heavy (non-hydrogen) atoms. The number of ether oxygens (including phenoxy) is 2. The molecule has 0 aliphatic heterocycles. The Labute approximate surface area is 209 Å². The van der Waals surface area contributed by atoms with Gasteiger partial charge in [-0.05, 0) is 49.4 Å². The summed E-state index contributed by atoms with van der Waals surface area (Å²) in [6.45, 7) is 3.03. The van der Waals surface area contributed by atoms with Crippen molar-refractivity contribution >= 4 is 16.9 Å². The summed E-state index contributed by atoms with van der Waals surface area (Å²) in [5.74, 6) is 1.88. The van der Waals surface area contributed by atoms with Crippen molar-refractivity contribution in [1.29, 1.82) is 0 Å². The van der Waals surface area contributed by atoms with Crippen LogP contribution in [-0.2, 0) is 6.54 Å². The number of methoxy groups -OCH3 is 2. The zero-order valence-electron chi connectivity index (χ0n) is 20.4. The fraction of sp³-hybridized carbons (Fsp3) is 0.179. The predicted molar refractivity (Wildman–Crippen MR) is 139 cm³/mol. The zero-order chi connectivity index (χ0) is 25.1. The first kappa shape index (κ1) is 23.2. The van der Waals surface area contributed by atoms with Crippen molar-refractivity contribution < 1.29 is 14.3 Å². The molecule has 0 aliphatic carbocycles. The van der Waals surface area contributed by atoms with Crippen LogP contribution in [-0.4, -0.2) is 46.0 Å². The van der Waals surface area contributed by atoms with Crippen LogP contribution in [0.5, 0.6) is 11.5 Å². The Kier molecular flexibility index (Phi) is 6.40. The van der Waals surface area contributed by atoms with Crippen LogP contribution in [0.25, 0.3) is 28.0 Å². The molecule has 0 fully saturated rings.